The van der Waals surface area contributed by atoms with E-state index >= 15 is 0 Å². The van der Waals surface area contributed by atoms with Crippen LogP contribution in [0.25, 0.3) is 0 Å². The second-order valence-corrected chi connectivity index (χ2v) is 4.41. The summed E-state index contributed by atoms with van der Waals surface area (Å²) in [7, 11) is 1.53. The predicted molar refractivity (Wildman–Crippen MR) is 104 cm³/mol. The highest BCUT2D eigenvalue weighted by Crippen LogP contribution is 2.14. The monoisotopic (exact) mass is 359 g/mol. The summed E-state index contributed by atoms with van der Waals surface area (Å²) in [5, 5.41) is 15.7. The van der Waals surface area contributed by atoms with Crippen molar-refractivity contribution in [1.29, 1.82) is 0 Å². The highest BCUT2D eigenvalue weighted by molar-refractivity contribution is 6.04. The van der Waals surface area contributed by atoms with Crippen molar-refractivity contribution >= 4 is 23.2 Å². The van der Waals surface area contributed by atoms with Crippen LogP contribution in [0.4, 0.5) is 11.4 Å². The number of non-ortho nitro benzene ring substituents is 1. The first kappa shape index (κ1) is 22.8. The van der Waals surface area contributed by atoms with Crippen LogP contribution in [0.1, 0.15) is 48.4 Å². The lowest BCUT2D eigenvalue weighted by molar-refractivity contribution is -0.384. The minimum Gasteiger partial charge on any atom is -0.355 e. The number of anilines is 1. The van der Waals surface area contributed by atoms with E-state index in [1.807, 2.05) is 27.7 Å². The van der Waals surface area contributed by atoms with E-state index < -0.39 is 4.92 Å². The van der Waals surface area contributed by atoms with Crippen LogP contribution in [0, 0.1) is 10.1 Å². The average molecular weight is 359 g/mol. The number of amides is 2. The number of nitrogens with one attached hydrogen (secondary N) is 2. The summed E-state index contributed by atoms with van der Waals surface area (Å²) in [6.07, 6.45) is 0. The van der Waals surface area contributed by atoms with Gasteiger partial charge in [-0.1, -0.05) is 27.7 Å². The predicted octanol–water partition coefficient (Wildman–Crippen LogP) is 4.26. The SMILES string of the molecule is CC.CC.CNC(=O)c1ccc(NC(=O)c2ccc([N+](=O)[O-])cc2)cc1. The summed E-state index contributed by atoms with van der Waals surface area (Å²) in [4.78, 5) is 33.4. The molecular formula is C19H25N3O4. The molecule has 0 aliphatic carbocycles. The first-order chi connectivity index (χ1) is 12.5. The molecule has 0 aliphatic heterocycles. The normalized spacial score (nSPS) is 8.81. The van der Waals surface area contributed by atoms with E-state index in [2.05, 4.69) is 10.6 Å². The first-order valence-electron chi connectivity index (χ1n) is 8.39. The Morgan fingerprint density at radius 3 is 1.65 bits per heavy atom. The molecule has 0 saturated carbocycles. The lowest BCUT2D eigenvalue weighted by Gasteiger charge is -2.06. The molecule has 140 valence electrons. The fourth-order valence-corrected chi connectivity index (χ4v) is 1.79. The summed E-state index contributed by atoms with van der Waals surface area (Å²) < 4.78 is 0. The number of carbonyl (C=O) groups is 2. The van der Waals surface area contributed by atoms with Gasteiger partial charge in [0.05, 0.1) is 4.92 Å². The minimum absolute atomic E-state index is 0.0773. The fraction of sp³-hybridized carbons (Fsp3) is 0.263. The van der Waals surface area contributed by atoms with Crippen molar-refractivity contribution < 1.29 is 14.5 Å². The van der Waals surface area contributed by atoms with Crippen molar-refractivity contribution in [1.82, 2.24) is 5.32 Å². The van der Waals surface area contributed by atoms with E-state index in [0.717, 1.165) is 0 Å². The third-order valence-electron chi connectivity index (χ3n) is 2.97. The van der Waals surface area contributed by atoms with Crippen LogP contribution < -0.4 is 10.6 Å². The zero-order chi connectivity index (χ0) is 20.1. The Morgan fingerprint density at radius 2 is 1.23 bits per heavy atom. The second kappa shape index (κ2) is 12.2. The molecule has 0 heterocycles. The molecule has 2 N–H and O–H groups in total. The van der Waals surface area contributed by atoms with Crippen molar-refractivity contribution in [3.8, 4) is 0 Å². The Morgan fingerprint density at radius 1 is 0.808 bits per heavy atom. The van der Waals surface area contributed by atoms with Crippen molar-refractivity contribution in [2.75, 3.05) is 12.4 Å². The van der Waals surface area contributed by atoms with Crippen LogP contribution in [0.2, 0.25) is 0 Å². The zero-order valence-electron chi connectivity index (χ0n) is 15.7. The molecule has 0 saturated heterocycles. The van der Waals surface area contributed by atoms with Gasteiger partial charge in [-0.15, -0.1) is 0 Å². The number of nitrogens with zero attached hydrogens (tertiary/aromatic N) is 1. The maximum Gasteiger partial charge on any atom is 0.269 e. The molecule has 0 unspecified atom stereocenters. The Labute approximate surface area is 153 Å². The van der Waals surface area contributed by atoms with Crippen molar-refractivity contribution in [3.05, 3.63) is 69.8 Å². The maximum absolute atomic E-state index is 12.0. The van der Waals surface area contributed by atoms with E-state index in [1.165, 1.54) is 31.3 Å². The van der Waals surface area contributed by atoms with Gasteiger partial charge in [0.2, 0.25) is 0 Å². The van der Waals surface area contributed by atoms with Gasteiger partial charge in [-0.2, -0.15) is 0 Å². The molecule has 2 aromatic rings. The lowest BCUT2D eigenvalue weighted by Crippen LogP contribution is -2.17. The third-order valence-corrected chi connectivity index (χ3v) is 2.97. The minimum atomic E-state index is -0.529. The molecule has 7 nitrogen and oxygen atoms in total. The topological polar surface area (TPSA) is 101 Å². The molecule has 2 aromatic carbocycles. The van der Waals surface area contributed by atoms with Crippen LogP contribution in [-0.4, -0.2) is 23.8 Å². The molecule has 0 atom stereocenters. The molecule has 0 bridgehead atoms. The van der Waals surface area contributed by atoms with Crippen molar-refractivity contribution in [2.24, 2.45) is 0 Å². The molecule has 0 aliphatic rings. The summed E-state index contributed by atoms with van der Waals surface area (Å²) in [5.74, 6) is -0.601. The standard InChI is InChI=1S/C15H13N3O4.2C2H6/c1-16-14(19)10-2-6-12(7-3-10)17-15(20)11-4-8-13(9-5-11)18(21)22;2*1-2/h2-9H,1H3,(H,16,19)(H,17,20);2*1-2H3. The van der Waals surface area contributed by atoms with Gasteiger partial charge in [0.1, 0.15) is 0 Å². The maximum atomic E-state index is 12.0. The summed E-state index contributed by atoms with van der Waals surface area (Å²) >= 11 is 0. The Bertz CT molecular complexity index is 711. The Kier molecular flexibility index (Phi) is 10.7. The highest BCUT2D eigenvalue weighted by atomic mass is 16.6. The van der Waals surface area contributed by atoms with E-state index in [-0.39, 0.29) is 17.5 Å². The van der Waals surface area contributed by atoms with Gasteiger partial charge < -0.3 is 10.6 Å². The van der Waals surface area contributed by atoms with Crippen molar-refractivity contribution in [3.63, 3.8) is 0 Å². The van der Waals surface area contributed by atoms with Gasteiger partial charge in [-0.25, -0.2) is 0 Å². The largest absolute Gasteiger partial charge is 0.355 e. The first-order valence-corrected chi connectivity index (χ1v) is 8.39. The smallest absolute Gasteiger partial charge is 0.269 e. The number of carbonyl (C=O) groups excluding carboxylic acids is 2. The van der Waals surface area contributed by atoms with E-state index in [0.29, 0.717) is 16.8 Å². The fourth-order valence-electron chi connectivity index (χ4n) is 1.79. The van der Waals surface area contributed by atoms with Crippen molar-refractivity contribution in [2.45, 2.75) is 27.7 Å². The zero-order valence-corrected chi connectivity index (χ0v) is 15.7. The summed E-state index contributed by atoms with van der Waals surface area (Å²) in [6.45, 7) is 8.00. The van der Waals surface area contributed by atoms with Crippen LogP contribution in [0.3, 0.4) is 0 Å². The van der Waals surface area contributed by atoms with Gasteiger partial charge >= 0.3 is 0 Å². The molecule has 2 amide bonds. The number of hydrogen-bond acceptors (Lipinski definition) is 4. The van der Waals surface area contributed by atoms with Gasteiger partial charge in [0.25, 0.3) is 17.5 Å². The molecule has 0 fully saturated rings. The quantitative estimate of drug-likeness (QED) is 0.629. The lowest BCUT2D eigenvalue weighted by atomic mass is 10.1. The van der Waals surface area contributed by atoms with Gasteiger partial charge in [0.15, 0.2) is 0 Å². The molecule has 2 rings (SSSR count). The summed E-state index contributed by atoms with van der Waals surface area (Å²) in [6, 6.07) is 11.7. The number of rotatable bonds is 4. The molecular weight excluding hydrogens is 334 g/mol. The number of nitro benzene ring substituents is 1. The highest BCUT2D eigenvalue weighted by Gasteiger charge is 2.10. The van der Waals surface area contributed by atoms with E-state index in [1.54, 1.807) is 24.3 Å². The molecule has 7 heteroatoms. The van der Waals surface area contributed by atoms with Gasteiger partial charge in [-0.05, 0) is 36.4 Å². The molecule has 0 spiro atoms. The number of benzene rings is 2. The van der Waals surface area contributed by atoms with Crippen LogP contribution >= 0.6 is 0 Å². The number of hydrogen-bond donors (Lipinski definition) is 2. The average Bonchev–Trinajstić information content (AvgIpc) is 2.71. The van der Waals surface area contributed by atoms with E-state index in [9.17, 15) is 19.7 Å². The molecule has 26 heavy (non-hydrogen) atoms. The Hall–Kier alpha value is -3.22. The van der Waals surface area contributed by atoms with Gasteiger partial charge in [0, 0.05) is 36.0 Å². The third kappa shape index (κ3) is 6.72. The van der Waals surface area contributed by atoms with Crippen LogP contribution in [0.5, 0.6) is 0 Å². The van der Waals surface area contributed by atoms with E-state index in [4.69, 9.17) is 0 Å². The molecule has 0 radical (unpaired) electrons. The Balaban J connectivity index is 0.00000146. The number of nitro groups is 1. The van der Waals surface area contributed by atoms with Crippen LogP contribution in [0.15, 0.2) is 48.5 Å². The summed E-state index contributed by atoms with van der Waals surface area (Å²) in [5.41, 5.74) is 1.24. The second-order valence-electron chi connectivity index (χ2n) is 4.41. The van der Waals surface area contributed by atoms with Crippen LogP contribution in [-0.2, 0) is 0 Å². The molecule has 0 aromatic heterocycles. The van der Waals surface area contributed by atoms with Gasteiger partial charge in [-0.3, -0.25) is 19.7 Å².